The minimum absolute atomic E-state index is 0.146. The minimum atomic E-state index is -0.350. The number of hydrogen-bond donors (Lipinski definition) is 1. The molecule has 9 heteroatoms. The predicted molar refractivity (Wildman–Crippen MR) is 134 cm³/mol. The second-order valence-electron chi connectivity index (χ2n) is 8.65. The Morgan fingerprint density at radius 3 is 2.53 bits per heavy atom. The number of hydrogen-bond acceptors (Lipinski definition) is 7. The number of amides is 1. The van der Waals surface area contributed by atoms with E-state index in [4.69, 9.17) is 10.00 Å². The van der Waals surface area contributed by atoms with Gasteiger partial charge >= 0.3 is 5.97 Å². The molecule has 0 radical (unpaired) electrons. The van der Waals surface area contributed by atoms with Crippen molar-refractivity contribution >= 4 is 11.9 Å². The maximum Gasteiger partial charge on any atom is 0.308 e. The summed E-state index contributed by atoms with van der Waals surface area (Å²) < 4.78 is 6.71. The molecule has 1 N–H and O–H groups in total. The van der Waals surface area contributed by atoms with Gasteiger partial charge < -0.3 is 10.1 Å². The molecule has 0 bridgehead atoms. The third-order valence-electron chi connectivity index (χ3n) is 5.85. The fourth-order valence-electron chi connectivity index (χ4n) is 4.01. The van der Waals surface area contributed by atoms with Gasteiger partial charge in [0, 0.05) is 18.9 Å². The largest absolute Gasteiger partial charge is 0.466 e. The number of tetrazole rings is 1. The number of nitrogens with zero attached hydrogens (tertiary/aromatic N) is 5. The summed E-state index contributed by atoms with van der Waals surface area (Å²) in [6.07, 6.45) is 1.90. The summed E-state index contributed by atoms with van der Waals surface area (Å²) in [7, 11) is 0. The predicted octanol–water partition coefficient (Wildman–Crippen LogP) is 3.50. The van der Waals surface area contributed by atoms with E-state index in [0.717, 1.165) is 16.7 Å². The van der Waals surface area contributed by atoms with Crippen LogP contribution in [0.3, 0.4) is 0 Å². The minimum Gasteiger partial charge on any atom is -0.466 e. The van der Waals surface area contributed by atoms with Gasteiger partial charge in [-0.2, -0.15) is 5.26 Å². The van der Waals surface area contributed by atoms with Gasteiger partial charge in [0.15, 0.2) is 5.82 Å². The standard InChI is InChI=1S/C27H32N6O3/c1-3-36-27(35)20(2)18-24(19-21-10-12-23(13-11-21)22-8-5-4-6-9-22)29-26(34)15-14-25-30-31-32-33(25)17-7-16-28/h4-6,8-13,20,24H,3,7,14-15,17-19H2,1-2H3,(H,29,34)/t20-,24?/m1/s1. The van der Waals surface area contributed by atoms with Crippen LogP contribution in [0, 0.1) is 17.2 Å². The first kappa shape index (κ1) is 26.5. The lowest BCUT2D eigenvalue weighted by atomic mass is 9.94. The Morgan fingerprint density at radius 2 is 1.83 bits per heavy atom. The highest BCUT2D eigenvalue weighted by Gasteiger charge is 2.22. The smallest absolute Gasteiger partial charge is 0.308 e. The highest BCUT2D eigenvalue weighted by atomic mass is 16.5. The Hall–Kier alpha value is -4.06. The van der Waals surface area contributed by atoms with E-state index < -0.39 is 0 Å². The SMILES string of the molecule is CCOC(=O)[C@H](C)CC(Cc1ccc(-c2ccccc2)cc1)NC(=O)CCc1nnnn1CCC#N. The molecule has 9 nitrogen and oxygen atoms in total. The van der Waals surface area contributed by atoms with Crippen LogP contribution in [0.1, 0.15) is 44.5 Å². The Labute approximate surface area is 211 Å². The zero-order valence-electron chi connectivity index (χ0n) is 20.8. The molecular weight excluding hydrogens is 456 g/mol. The molecule has 0 aliphatic heterocycles. The summed E-state index contributed by atoms with van der Waals surface area (Å²) in [6, 6.07) is 20.2. The van der Waals surface area contributed by atoms with E-state index >= 15 is 0 Å². The molecular formula is C27H32N6O3. The summed E-state index contributed by atoms with van der Waals surface area (Å²) >= 11 is 0. The normalized spacial score (nSPS) is 12.4. The number of nitrogens with one attached hydrogen (secondary N) is 1. The molecule has 0 aliphatic rings. The number of ether oxygens (including phenoxy) is 1. The molecule has 0 aliphatic carbocycles. The quantitative estimate of drug-likeness (QED) is 0.365. The van der Waals surface area contributed by atoms with Crippen LogP contribution in [0.25, 0.3) is 11.1 Å². The Balaban J connectivity index is 1.65. The second kappa shape index (κ2) is 13.7. The van der Waals surface area contributed by atoms with Crippen LogP contribution < -0.4 is 5.32 Å². The van der Waals surface area contributed by atoms with Crippen molar-refractivity contribution in [2.45, 2.75) is 58.5 Å². The molecule has 1 unspecified atom stereocenters. The molecule has 188 valence electrons. The van der Waals surface area contributed by atoms with Crippen LogP contribution in [0.4, 0.5) is 0 Å². The number of aromatic nitrogens is 4. The van der Waals surface area contributed by atoms with Crippen LogP contribution in [0.15, 0.2) is 54.6 Å². The van der Waals surface area contributed by atoms with Crippen molar-refractivity contribution in [3.8, 4) is 17.2 Å². The molecule has 0 spiro atoms. The van der Waals surface area contributed by atoms with E-state index in [1.54, 1.807) is 11.6 Å². The van der Waals surface area contributed by atoms with Crippen LogP contribution in [0.2, 0.25) is 0 Å². The Kier molecular flexibility index (Phi) is 10.1. The molecule has 2 aromatic carbocycles. The molecule has 1 amide bonds. The Morgan fingerprint density at radius 1 is 1.11 bits per heavy atom. The number of carbonyl (C=O) groups excluding carboxylic acids is 2. The second-order valence-corrected chi connectivity index (χ2v) is 8.65. The fourth-order valence-corrected chi connectivity index (χ4v) is 4.01. The van der Waals surface area contributed by atoms with E-state index in [2.05, 4.69) is 63.3 Å². The zero-order chi connectivity index (χ0) is 25.8. The third-order valence-corrected chi connectivity index (χ3v) is 5.85. The third kappa shape index (κ3) is 8.01. The highest BCUT2D eigenvalue weighted by molar-refractivity contribution is 5.77. The van der Waals surface area contributed by atoms with Gasteiger partial charge in [0.2, 0.25) is 5.91 Å². The number of esters is 1. The molecule has 36 heavy (non-hydrogen) atoms. The van der Waals surface area contributed by atoms with Crippen molar-refractivity contribution < 1.29 is 14.3 Å². The molecule has 0 fully saturated rings. The van der Waals surface area contributed by atoms with Crippen LogP contribution in [-0.2, 0) is 33.7 Å². The number of benzene rings is 2. The number of nitriles is 1. The van der Waals surface area contributed by atoms with E-state index in [1.165, 1.54) is 0 Å². The van der Waals surface area contributed by atoms with E-state index in [-0.39, 0.29) is 30.3 Å². The van der Waals surface area contributed by atoms with Gasteiger partial charge in [0.05, 0.1) is 31.6 Å². The van der Waals surface area contributed by atoms with E-state index in [0.29, 0.717) is 44.7 Å². The fraction of sp³-hybridized carbons (Fsp3) is 0.407. The first-order chi connectivity index (χ1) is 17.5. The highest BCUT2D eigenvalue weighted by Crippen LogP contribution is 2.21. The topological polar surface area (TPSA) is 123 Å². The van der Waals surface area contributed by atoms with Crippen molar-refractivity contribution in [1.29, 1.82) is 5.26 Å². The monoisotopic (exact) mass is 488 g/mol. The van der Waals surface area contributed by atoms with Crippen molar-refractivity contribution in [3.05, 3.63) is 66.0 Å². The van der Waals surface area contributed by atoms with Gasteiger partial charge in [-0.05, 0) is 46.9 Å². The van der Waals surface area contributed by atoms with Gasteiger partial charge in [-0.15, -0.1) is 5.10 Å². The van der Waals surface area contributed by atoms with Crippen LogP contribution >= 0.6 is 0 Å². The van der Waals surface area contributed by atoms with Gasteiger partial charge in [0.1, 0.15) is 0 Å². The van der Waals surface area contributed by atoms with Crippen molar-refractivity contribution in [1.82, 2.24) is 25.5 Å². The maximum absolute atomic E-state index is 12.8. The Bertz CT molecular complexity index is 1150. The molecule has 0 saturated carbocycles. The van der Waals surface area contributed by atoms with E-state index in [1.807, 2.05) is 25.1 Å². The lowest BCUT2D eigenvalue weighted by Crippen LogP contribution is -2.39. The lowest BCUT2D eigenvalue weighted by Gasteiger charge is -2.22. The average molecular weight is 489 g/mol. The van der Waals surface area contributed by atoms with E-state index in [9.17, 15) is 9.59 Å². The van der Waals surface area contributed by atoms with Crippen molar-refractivity contribution in [2.75, 3.05) is 6.61 Å². The van der Waals surface area contributed by atoms with Crippen molar-refractivity contribution in [3.63, 3.8) is 0 Å². The first-order valence-corrected chi connectivity index (χ1v) is 12.2. The van der Waals surface area contributed by atoms with Crippen molar-refractivity contribution in [2.24, 2.45) is 5.92 Å². The number of carbonyl (C=O) groups is 2. The summed E-state index contributed by atoms with van der Waals surface area (Å²) in [4.78, 5) is 25.1. The lowest BCUT2D eigenvalue weighted by molar-refractivity contribution is -0.148. The van der Waals surface area contributed by atoms with Gasteiger partial charge in [0.25, 0.3) is 0 Å². The summed E-state index contributed by atoms with van der Waals surface area (Å²) in [5.74, 6) is -0.204. The maximum atomic E-state index is 12.8. The zero-order valence-corrected chi connectivity index (χ0v) is 20.8. The van der Waals surface area contributed by atoms with Gasteiger partial charge in [-0.1, -0.05) is 61.5 Å². The molecule has 2 atom stereocenters. The number of aryl methyl sites for hydroxylation is 2. The number of rotatable bonds is 13. The van der Waals surface area contributed by atoms with Gasteiger partial charge in [-0.25, -0.2) is 4.68 Å². The van der Waals surface area contributed by atoms with Crippen LogP contribution in [-0.4, -0.2) is 44.7 Å². The molecule has 1 aromatic heterocycles. The summed E-state index contributed by atoms with van der Waals surface area (Å²) in [6.45, 7) is 4.31. The molecule has 0 saturated heterocycles. The molecule has 1 heterocycles. The first-order valence-electron chi connectivity index (χ1n) is 12.2. The van der Waals surface area contributed by atoms with Crippen LogP contribution in [0.5, 0.6) is 0 Å². The van der Waals surface area contributed by atoms with Gasteiger partial charge in [-0.3, -0.25) is 9.59 Å². The average Bonchev–Trinajstić information content (AvgIpc) is 3.34. The summed E-state index contributed by atoms with van der Waals surface area (Å²) in [5.41, 5.74) is 3.33. The molecule has 3 rings (SSSR count). The summed E-state index contributed by atoms with van der Waals surface area (Å²) in [5, 5.41) is 23.4. The molecule has 3 aromatic rings.